The van der Waals surface area contributed by atoms with Crippen LogP contribution < -0.4 is 15.5 Å². The van der Waals surface area contributed by atoms with Crippen LogP contribution in [0.25, 0.3) is 0 Å². The van der Waals surface area contributed by atoms with E-state index in [9.17, 15) is 4.79 Å². The van der Waals surface area contributed by atoms with Crippen LogP contribution >= 0.6 is 11.6 Å². The van der Waals surface area contributed by atoms with Gasteiger partial charge in [0.1, 0.15) is 0 Å². The van der Waals surface area contributed by atoms with Gasteiger partial charge in [-0.05, 0) is 43.7 Å². The van der Waals surface area contributed by atoms with E-state index in [-0.39, 0.29) is 6.03 Å². The number of hydrogen-bond acceptors (Lipinski definition) is 5. The topological polar surface area (TPSA) is 73.4 Å². The van der Waals surface area contributed by atoms with E-state index in [4.69, 9.17) is 11.6 Å². The molecule has 2 heterocycles. The van der Waals surface area contributed by atoms with Crippen LogP contribution in [0.5, 0.6) is 0 Å². The summed E-state index contributed by atoms with van der Waals surface area (Å²) in [5.41, 5.74) is 1.68. The number of urea groups is 1. The zero-order valence-electron chi connectivity index (χ0n) is 15.5. The quantitative estimate of drug-likeness (QED) is 0.744. The molecule has 1 aliphatic heterocycles. The minimum Gasteiger partial charge on any atom is -0.338 e. The highest BCUT2D eigenvalue weighted by atomic mass is 35.5. The summed E-state index contributed by atoms with van der Waals surface area (Å²) in [6.45, 7) is 7.32. The van der Waals surface area contributed by atoms with Gasteiger partial charge in [-0.15, -0.1) is 0 Å². The van der Waals surface area contributed by atoms with Crippen molar-refractivity contribution < 1.29 is 4.79 Å². The minimum atomic E-state index is -0.207. The second kappa shape index (κ2) is 9.53. The maximum atomic E-state index is 12.0. The van der Waals surface area contributed by atoms with Crippen LogP contribution in [0.2, 0.25) is 5.02 Å². The third-order valence-corrected chi connectivity index (χ3v) is 4.98. The van der Waals surface area contributed by atoms with Crippen LogP contribution in [0.3, 0.4) is 0 Å². The number of piperazine rings is 1. The van der Waals surface area contributed by atoms with E-state index in [0.29, 0.717) is 17.3 Å². The minimum absolute atomic E-state index is 0.207. The van der Waals surface area contributed by atoms with Crippen molar-refractivity contribution in [2.24, 2.45) is 0 Å². The Morgan fingerprint density at radius 2 is 1.93 bits per heavy atom. The number of carbonyl (C=O) groups is 1. The van der Waals surface area contributed by atoms with Crippen molar-refractivity contribution >= 4 is 29.3 Å². The molecule has 144 valence electrons. The van der Waals surface area contributed by atoms with E-state index in [1.54, 1.807) is 18.5 Å². The molecule has 2 amide bonds. The summed E-state index contributed by atoms with van der Waals surface area (Å²) >= 11 is 6.07. The third kappa shape index (κ3) is 5.80. The highest BCUT2D eigenvalue weighted by molar-refractivity contribution is 6.31. The van der Waals surface area contributed by atoms with Gasteiger partial charge in [0.05, 0.1) is 0 Å². The van der Waals surface area contributed by atoms with Gasteiger partial charge in [0.2, 0.25) is 5.95 Å². The Kier molecular flexibility index (Phi) is 6.84. The number of hydrogen-bond donors (Lipinski definition) is 2. The van der Waals surface area contributed by atoms with E-state index in [0.717, 1.165) is 50.7 Å². The molecule has 27 heavy (non-hydrogen) atoms. The Hall–Kier alpha value is -2.38. The molecule has 2 aromatic rings. The fourth-order valence-electron chi connectivity index (χ4n) is 2.98. The maximum absolute atomic E-state index is 12.0. The number of anilines is 2. The third-order valence-electron chi connectivity index (χ3n) is 4.57. The van der Waals surface area contributed by atoms with Crippen molar-refractivity contribution in [3.05, 3.63) is 47.2 Å². The van der Waals surface area contributed by atoms with Gasteiger partial charge in [0.15, 0.2) is 0 Å². The maximum Gasteiger partial charge on any atom is 0.319 e. The monoisotopic (exact) mass is 388 g/mol. The molecule has 0 radical (unpaired) electrons. The summed E-state index contributed by atoms with van der Waals surface area (Å²) in [7, 11) is 0. The number of aromatic nitrogens is 2. The van der Waals surface area contributed by atoms with E-state index in [1.807, 2.05) is 25.1 Å². The van der Waals surface area contributed by atoms with Crippen molar-refractivity contribution in [2.75, 3.05) is 49.5 Å². The summed E-state index contributed by atoms with van der Waals surface area (Å²) in [6, 6.07) is 7.11. The molecule has 0 bridgehead atoms. The van der Waals surface area contributed by atoms with Gasteiger partial charge in [-0.2, -0.15) is 0 Å². The number of aryl methyl sites for hydroxylation is 1. The van der Waals surface area contributed by atoms with Crippen molar-refractivity contribution in [3.63, 3.8) is 0 Å². The van der Waals surface area contributed by atoms with Gasteiger partial charge < -0.3 is 15.5 Å². The number of carbonyl (C=O) groups excluding carboxylic acids is 1. The van der Waals surface area contributed by atoms with Gasteiger partial charge in [0.25, 0.3) is 0 Å². The van der Waals surface area contributed by atoms with E-state index < -0.39 is 0 Å². The summed E-state index contributed by atoms with van der Waals surface area (Å²) in [6.07, 6.45) is 4.45. The van der Waals surface area contributed by atoms with Crippen molar-refractivity contribution in [3.8, 4) is 0 Å². The Labute approximate surface area is 164 Å². The van der Waals surface area contributed by atoms with Gasteiger partial charge in [0, 0.05) is 55.8 Å². The number of rotatable bonds is 6. The summed E-state index contributed by atoms with van der Waals surface area (Å²) in [5.74, 6) is 0.798. The van der Waals surface area contributed by atoms with Gasteiger partial charge >= 0.3 is 6.03 Å². The van der Waals surface area contributed by atoms with Gasteiger partial charge in [-0.25, -0.2) is 14.8 Å². The molecule has 0 unspecified atom stereocenters. The highest BCUT2D eigenvalue weighted by Gasteiger charge is 2.18. The lowest BCUT2D eigenvalue weighted by Gasteiger charge is -2.34. The molecule has 0 spiro atoms. The lowest BCUT2D eigenvalue weighted by atomic mass is 10.2. The standard InChI is InChI=1S/C19H25ClN6O/c1-15-4-5-16(14-17(15)20)24-19(27)23-8-3-9-25-10-12-26(13-11-25)18-21-6-2-7-22-18/h2,4-7,14H,3,8-13H2,1H3,(H2,23,24,27). The zero-order valence-corrected chi connectivity index (χ0v) is 16.2. The van der Waals surface area contributed by atoms with Crippen LogP contribution in [0.4, 0.5) is 16.4 Å². The summed E-state index contributed by atoms with van der Waals surface area (Å²) in [4.78, 5) is 25.2. The SMILES string of the molecule is Cc1ccc(NC(=O)NCCCN2CCN(c3ncccn3)CC2)cc1Cl. The van der Waals surface area contributed by atoms with Crippen LogP contribution in [-0.2, 0) is 0 Å². The van der Waals surface area contributed by atoms with Crippen LogP contribution in [0.1, 0.15) is 12.0 Å². The molecule has 1 aromatic heterocycles. The molecule has 0 aliphatic carbocycles. The molecule has 3 rings (SSSR count). The fourth-order valence-corrected chi connectivity index (χ4v) is 3.16. The van der Waals surface area contributed by atoms with Gasteiger partial charge in [-0.3, -0.25) is 4.90 Å². The van der Waals surface area contributed by atoms with Crippen LogP contribution in [0.15, 0.2) is 36.7 Å². The fraction of sp³-hybridized carbons (Fsp3) is 0.421. The normalized spacial score (nSPS) is 14.8. The predicted octanol–water partition coefficient (Wildman–Crippen LogP) is 2.77. The molecule has 1 aromatic carbocycles. The second-order valence-corrected chi connectivity index (χ2v) is 6.98. The molecule has 1 fully saturated rings. The highest BCUT2D eigenvalue weighted by Crippen LogP contribution is 2.19. The summed E-state index contributed by atoms with van der Waals surface area (Å²) < 4.78 is 0. The molecule has 8 heteroatoms. The Balaban J connectivity index is 1.31. The number of nitrogens with zero attached hydrogens (tertiary/aromatic N) is 4. The molecular formula is C19H25ClN6O. The van der Waals surface area contributed by atoms with Crippen LogP contribution in [-0.4, -0.2) is 60.2 Å². The molecule has 0 saturated carbocycles. The lowest BCUT2D eigenvalue weighted by Crippen LogP contribution is -2.47. The summed E-state index contributed by atoms with van der Waals surface area (Å²) in [5, 5.41) is 6.34. The molecule has 1 aliphatic rings. The van der Waals surface area contributed by atoms with Crippen molar-refractivity contribution in [1.29, 1.82) is 0 Å². The van der Waals surface area contributed by atoms with Gasteiger partial charge in [-0.1, -0.05) is 17.7 Å². The Bertz CT molecular complexity index is 749. The number of halogens is 1. The lowest BCUT2D eigenvalue weighted by molar-refractivity contribution is 0.244. The van der Waals surface area contributed by atoms with Crippen molar-refractivity contribution in [1.82, 2.24) is 20.2 Å². The van der Waals surface area contributed by atoms with E-state index >= 15 is 0 Å². The van der Waals surface area contributed by atoms with Crippen molar-refractivity contribution in [2.45, 2.75) is 13.3 Å². The molecule has 1 saturated heterocycles. The Morgan fingerprint density at radius 1 is 1.19 bits per heavy atom. The molecular weight excluding hydrogens is 364 g/mol. The average Bonchev–Trinajstić information content (AvgIpc) is 2.69. The number of benzene rings is 1. The number of nitrogens with one attached hydrogen (secondary N) is 2. The average molecular weight is 389 g/mol. The smallest absolute Gasteiger partial charge is 0.319 e. The van der Waals surface area contributed by atoms with Crippen LogP contribution in [0, 0.1) is 6.92 Å². The van der Waals surface area contributed by atoms with E-state index in [1.165, 1.54) is 0 Å². The first-order valence-electron chi connectivity index (χ1n) is 9.17. The number of amides is 2. The Morgan fingerprint density at radius 3 is 2.63 bits per heavy atom. The largest absolute Gasteiger partial charge is 0.338 e. The predicted molar refractivity (Wildman–Crippen MR) is 109 cm³/mol. The second-order valence-electron chi connectivity index (χ2n) is 6.58. The zero-order chi connectivity index (χ0) is 19.1. The van der Waals surface area contributed by atoms with E-state index in [2.05, 4.69) is 30.4 Å². The molecule has 0 atom stereocenters. The first kappa shape index (κ1) is 19.4. The molecule has 2 N–H and O–H groups in total. The molecule has 7 nitrogen and oxygen atoms in total. The first-order valence-corrected chi connectivity index (χ1v) is 9.55. The first-order chi connectivity index (χ1) is 13.1.